The smallest absolute Gasteiger partial charge is 0.123 e. The first kappa shape index (κ1) is 11.4. The molecule has 0 saturated carbocycles. The molecule has 88 valence electrons. The lowest BCUT2D eigenvalue weighted by molar-refractivity contribution is 0.310. The number of likely N-dealkylation sites (N-methyl/N-ethyl adjacent to an activating group) is 1. The van der Waals surface area contributed by atoms with Crippen LogP contribution in [-0.2, 0) is 0 Å². The third-order valence-electron chi connectivity index (χ3n) is 3.23. The van der Waals surface area contributed by atoms with Crippen LogP contribution < -0.4 is 4.90 Å². The Bertz CT molecular complexity index is 323. The van der Waals surface area contributed by atoms with Crippen molar-refractivity contribution in [3.05, 3.63) is 30.1 Å². The molecule has 1 aliphatic heterocycles. The van der Waals surface area contributed by atoms with E-state index < -0.39 is 0 Å². The summed E-state index contributed by atoms with van der Waals surface area (Å²) in [6.07, 6.45) is 1.19. The summed E-state index contributed by atoms with van der Waals surface area (Å²) in [6, 6.07) is 6.82. The van der Waals surface area contributed by atoms with Crippen LogP contribution in [0, 0.1) is 5.82 Å². The van der Waals surface area contributed by atoms with Gasteiger partial charge < -0.3 is 9.80 Å². The Kier molecular flexibility index (Phi) is 3.78. The Morgan fingerprint density at radius 3 is 2.50 bits per heavy atom. The van der Waals surface area contributed by atoms with E-state index in [1.54, 1.807) is 0 Å². The highest BCUT2D eigenvalue weighted by molar-refractivity contribution is 5.46. The second-order valence-electron chi connectivity index (χ2n) is 4.25. The summed E-state index contributed by atoms with van der Waals surface area (Å²) >= 11 is 0. The molecule has 2 nitrogen and oxygen atoms in total. The van der Waals surface area contributed by atoms with Gasteiger partial charge in [0.25, 0.3) is 0 Å². The van der Waals surface area contributed by atoms with E-state index in [1.165, 1.54) is 25.1 Å². The van der Waals surface area contributed by atoms with Gasteiger partial charge in [0.1, 0.15) is 5.82 Å². The van der Waals surface area contributed by atoms with E-state index in [0.29, 0.717) is 0 Å². The Morgan fingerprint density at radius 2 is 1.81 bits per heavy atom. The van der Waals surface area contributed by atoms with Gasteiger partial charge >= 0.3 is 0 Å². The van der Waals surface area contributed by atoms with E-state index in [1.807, 2.05) is 12.1 Å². The van der Waals surface area contributed by atoms with Gasteiger partial charge in [-0.1, -0.05) is 6.92 Å². The van der Waals surface area contributed by atoms with Gasteiger partial charge in [-0.3, -0.25) is 0 Å². The molecule has 1 aromatic carbocycles. The number of hydrogen-bond acceptors (Lipinski definition) is 2. The summed E-state index contributed by atoms with van der Waals surface area (Å²) in [5.74, 6) is -0.159. The molecule has 1 saturated heterocycles. The molecule has 0 aromatic heterocycles. The third-order valence-corrected chi connectivity index (χ3v) is 3.23. The summed E-state index contributed by atoms with van der Waals surface area (Å²) in [7, 11) is 0. The molecule has 0 amide bonds. The number of halogens is 1. The third kappa shape index (κ3) is 2.73. The van der Waals surface area contributed by atoms with E-state index in [9.17, 15) is 4.39 Å². The largest absolute Gasteiger partial charge is 0.370 e. The minimum absolute atomic E-state index is 0.159. The molecule has 0 aliphatic carbocycles. The quantitative estimate of drug-likeness (QED) is 0.758. The molecule has 0 N–H and O–H groups in total. The number of anilines is 1. The summed E-state index contributed by atoms with van der Waals surface area (Å²) in [6.45, 7) is 7.72. The van der Waals surface area contributed by atoms with Gasteiger partial charge in [-0.05, 0) is 43.8 Å². The van der Waals surface area contributed by atoms with Crippen LogP contribution >= 0.6 is 0 Å². The number of benzene rings is 1. The lowest BCUT2D eigenvalue weighted by Crippen LogP contribution is -2.30. The van der Waals surface area contributed by atoms with Crippen molar-refractivity contribution in [2.24, 2.45) is 0 Å². The molecule has 3 heteroatoms. The van der Waals surface area contributed by atoms with Gasteiger partial charge in [0.2, 0.25) is 0 Å². The van der Waals surface area contributed by atoms with E-state index in [4.69, 9.17) is 0 Å². The maximum Gasteiger partial charge on any atom is 0.123 e. The van der Waals surface area contributed by atoms with Gasteiger partial charge in [-0.15, -0.1) is 0 Å². The van der Waals surface area contributed by atoms with Crippen molar-refractivity contribution in [1.82, 2.24) is 4.90 Å². The van der Waals surface area contributed by atoms with Crippen molar-refractivity contribution >= 4 is 5.69 Å². The molecule has 2 rings (SSSR count). The van der Waals surface area contributed by atoms with Crippen LogP contribution in [0.4, 0.5) is 10.1 Å². The first-order valence-electron chi connectivity index (χ1n) is 6.02. The van der Waals surface area contributed by atoms with E-state index >= 15 is 0 Å². The molecule has 0 spiro atoms. The first-order chi connectivity index (χ1) is 7.79. The van der Waals surface area contributed by atoms with Crippen LogP contribution in [0.5, 0.6) is 0 Å². The Hall–Kier alpha value is -1.09. The predicted molar refractivity (Wildman–Crippen MR) is 65.3 cm³/mol. The summed E-state index contributed by atoms with van der Waals surface area (Å²) in [4.78, 5) is 4.80. The average molecular weight is 222 g/mol. The number of rotatable bonds is 2. The van der Waals surface area contributed by atoms with Crippen LogP contribution in [0.1, 0.15) is 13.3 Å². The van der Waals surface area contributed by atoms with E-state index in [0.717, 1.165) is 31.9 Å². The van der Waals surface area contributed by atoms with Crippen LogP contribution in [0.15, 0.2) is 24.3 Å². The second kappa shape index (κ2) is 5.30. The second-order valence-corrected chi connectivity index (χ2v) is 4.25. The molecule has 0 radical (unpaired) electrons. The maximum absolute atomic E-state index is 12.8. The van der Waals surface area contributed by atoms with Crippen molar-refractivity contribution in [3.8, 4) is 0 Å². The SMILES string of the molecule is CCN1CCCN(c2ccc(F)cc2)CC1. The van der Waals surface area contributed by atoms with Crippen LogP contribution in [0.25, 0.3) is 0 Å². The van der Waals surface area contributed by atoms with Gasteiger partial charge in [0, 0.05) is 25.3 Å². The van der Waals surface area contributed by atoms with E-state index in [2.05, 4.69) is 16.7 Å². The molecule has 1 heterocycles. The Labute approximate surface area is 96.7 Å². The highest BCUT2D eigenvalue weighted by Crippen LogP contribution is 2.16. The molecule has 1 aliphatic rings. The van der Waals surface area contributed by atoms with Gasteiger partial charge in [0.05, 0.1) is 0 Å². The number of nitrogens with zero attached hydrogens (tertiary/aromatic N) is 2. The van der Waals surface area contributed by atoms with Crippen molar-refractivity contribution in [2.45, 2.75) is 13.3 Å². The lowest BCUT2D eigenvalue weighted by atomic mass is 10.2. The maximum atomic E-state index is 12.8. The summed E-state index contributed by atoms with van der Waals surface area (Å²) in [5, 5.41) is 0. The van der Waals surface area contributed by atoms with Gasteiger partial charge in [0.15, 0.2) is 0 Å². The lowest BCUT2D eigenvalue weighted by Gasteiger charge is -2.23. The van der Waals surface area contributed by atoms with Crippen LogP contribution in [-0.4, -0.2) is 37.6 Å². The molecular weight excluding hydrogens is 203 g/mol. The van der Waals surface area contributed by atoms with Crippen molar-refractivity contribution in [2.75, 3.05) is 37.6 Å². The molecule has 0 unspecified atom stereocenters. The molecule has 1 fully saturated rings. The minimum Gasteiger partial charge on any atom is -0.370 e. The first-order valence-corrected chi connectivity index (χ1v) is 6.02. The zero-order valence-electron chi connectivity index (χ0n) is 9.82. The summed E-state index contributed by atoms with van der Waals surface area (Å²) in [5.41, 5.74) is 1.14. The van der Waals surface area contributed by atoms with Crippen LogP contribution in [0.2, 0.25) is 0 Å². The van der Waals surface area contributed by atoms with Gasteiger partial charge in [-0.25, -0.2) is 4.39 Å². The fraction of sp³-hybridized carbons (Fsp3) is 0.538. The highest BCUT2D eigenvalue weighted by Gasteiger charge is 2.13. The minimum atomic E-state index is -0.159. The monoisotopic (exact) mass is 222 g/mol. The summed E-state index contributed by atoms with van der Waals surface area (Å²) < 4.78 is 12.8. The average Bonchev–Trinajstić information content (AvgIpc) is 2.55. The molecule has 16 heavy (non-hydrogen) atoms. The molecular formula is C13H19FN2. The molecule has 0 atom stereocenters. The standard InChI is InChI=1S/C13H19FN2/c1-2-15-8-3-9-16(11-10-15)13-6-4-12(14)5-7-13/h4-7H,2-3,8-11H2,1H3. The fourth-order valence-electron chi connectivity index (χ4n) is 2.20. The van der Waals surface area contributed by atoms with Crippen molar-refractivity contribution in [3.63, 3.8) is 0 Å². The molecule has 0 bridgehead atoms. The topological polar surface area (TPSA) is 6.48 Å². The van der Waals surface area contributed by atoms with Gasteiger partial charge in [-0.2, -0.15) is 0 Å². The fourth-order valence-corrected chi connectivity index (χ4v) is 2.20. The van der Waals surface area contributed by atoms with Crippen molar-refractivity contribution in [1.29, 1.82) is 0 Å². The Morgan fingerprint density at radius 1 is 1.06 bits per heavy atom. The number of hydrogen-bond donors (Lipinski definition) is 0. The highest BCUT2D eigenvalue weighted by atomic mass is 19.1. The Balaban J connectivity index is 2.02. The predicted octanol–water partition coefficient (Wildman–Crippen LogP) is 2.36. The molecule has 1 aromatic rings. The zero-order chi connectivity index (χ0) is 11.4. The normalized spacial score (nSPS) is 18.5. The van der Waals surface area contributed by atoms with E-state index in [-0.39, 0.29) is 5.82 Å². The zero-order valence-corrected chi connectivity index (χ0v) is 9.82. The van der Waals surface area contributed by atoms with Crippen LogP contribution in [0.3, 0.4) is 0 Å². The van der Waals surface area contributed by atoms with Crippen molar-refractivity contribution < 1.29 is 4.39 Å².